The first-order valence-corrected chi connectivity index (χ1v) is 6.48. The summed E-state index contributed by atoms with van der Waals surface area (Å²) in [5, 5.41) is 1.13. The maximum atomic E-state index is 11.9. The van der Waals surface area contributed by atoms with Crippen LogP contribution in [-0.4, -0.2) is 30.6 Å². The van der Waals surface area contributed by atoms with Gasteiger partial charge in [-0.15, -0.1) is 0 Å². The highest BCUT2D eigenvalue weighted by atomic mass is 35.5. The summed E-state index contributed by atoms with van der Waals surface area (Å²) in [7, 11) is 1.29. The monoisotopic (exact) mass is 295 g/mol. The minimum absolute atomic E-state index is 0.0232. The van der Waals surface area contributed by atoms with Gasteiger partial charge in [0, 0.05) is 21.6 Å². The number of rotatable bonds is 4. The van der Waals surface area contributed by atoms with E-state index in [0.717, 1.165) is 0 Å². The van der Waals surface area contributed by atoms with E-state index < -0.39 is 11.9 Å². The maximum absolute atomic E-state index is 11.9. The van der Waals surface area contributed by atoms with Gasteiger partial charge >= 0.3 is 11.9 Å². The summed E-state index contributed by atoms with van der Waals surface area (Å²) in [5.74, 6) is -0.923. The van der Waals surface area contributed by atoms with E-state index in [0.29, 0.717) is 33.8 Å². The topological polar surface area (TPSA) is 68.4 Å². The van der Waals surface area contributed by atoms with Crippen molar-refractivity contribution in [2.45, 2.75) is 13.3 Å². The van der Waals surface area contributed by atoms with E-state index in [4.69, 9.17) is 21.1 Å². The number of aromatic nitrogens is 1. The van der Waals surface area contributed by atoms with E-state index in [1.54, 1.807) is 25.1 Å². The van der Waals surface area contributed by atoms with Crippen LogP contribution in [0, 0.1) is 0 Å². The SMILES string of the molecule is CCOC(=O)Cc1[nH]c2ccc(Cl)cc2c1C(=O)OC. The molecule has 1 N–H and O–H groups in total. The van der Waals surface area contributed by atoms with Crippen molar-refractivity contribution in [2.75, 3.05) is 13.7 Å². The van der Waals surface area contributed by atoms with Crippen LogP contribution in [0.15, 0.2) is 18.2 Å². The van der Waals surface area contributed by atoms with Crippen LogP contribution in [0.1, 0.15) is 23.0 Å². The van der Waals surface area contributed by atoms with E-state index in [1.165, 1.54) is 7.11 Å². The van der Waals surface area contributed by atoms with E-state index in [2.05, 4.69) is 4.98 Å². The largest absolute Gasteiger partial charge is 0.466 e. The van der Waals surface area contributed by atoms with Crippen molar-refractivity contribution in [3.8, 4) is 0 Å². The van der Waals surface area contributed by atoms with Gasteiger partial charge in [0.2, 0.25) is 0 Å². The van der Waals surface area contributed by atoms with Crippen molar-refractivity contribution in [1.29, 1.82) is 0 Å². The summed E-state index contributed by atoms with van der Waals surface area (Å²) in [6, 6.07) is 5.11. The molecule has 5 nitrogen and oxygen atoms in total. The lowest BCUT2D eigenvalue weighted by atomic mass is 10.1. The molecule has 0 saturated carbocycles. The number of nitrogens with one attached hydrogen (secondary N) is 1. The number of benzene rings is 1. The number of carbonyl (C=O) groups is 2. The lowest BCUT2D eigenvalue weighted by Gasteiger charge is -2.03. The molecule has 0 bridgehead atoms. The third-order valence-corrected chi connectivity index (χ3v) is 3.09. The molecule has 0 spiro atoms. The molecule has 6 heteroatoms. The van der Waals surface area contributed by atoms with Gasteiger partial charge in [0.15, 0.2) is 0 Å². The molecule has 0 atom stereocenters. The van der Waals surface area contributed by atoms with Crippen LogP contribution in [0.4, 0.5) is 0 Å². The fraction of sp³-hybridized carbons (Fsp3) is 0.286. The zero-order chi connectivity index (χ0) is 14.7. The number of hydrogen-bond acceptors (Lipinski definition) is 4. The first kappa shape index (κ1) is 14.4. The summed E-state index contributed by atoms with van der Waals surface area (Å²) >= 11 is 5.95. The third-order valence-electron chi connectivity index (χ3n) is 2.85. The number of aromatic amines is 1. The van der Waals surface area contributed by atoms with E-state index in [1.807, 2.05) is 0 Å². The number of fused-ring (bicyclic) bond motifs is 1. The van der Waals surface area contributed by atoms with Crippen molar-refractivity contribution in [3.05, 3.63) is 34.5 Å². The molecule has 1 aromatic heterocycles. The van der Waals surface area contributed by atoms with Crippen LogP contribution < -0.4 is 0 Å². The molecule has 0 saturated heterocycles. The van der Waals surface area contributed by atoms with Crippen LogP contribution in [0.5, 0.6) is 0 Å². The Balaban J connectivity index is 2.52. The summed E-state index contributed by atoms with van der Waals surface area (Å²) < 4.78 is 9.67. The molecular weight excluding hydrogens is 282 g/mol. The second-order valence-electron chi connectivity index (χ2n) is 4.14. The van der Waals surface area contributed by atoms with Gasteiger partial charge in [0.25, 0.3) is 0 Å². The third kappa shape index (κ3) is 2.77. The summed E-state index contributed by atoms with van der Waals surface area (Å²) in [5.41, 5.74) is 1.50. The van der Waals surface area contributed by atoms with Gasteiger partial charge in [-0.3, -0.25) is 4.79 Å². The molecule has 0 fully saturated rings. The zero-order valence-corrected chi connectivity index (χ0v) is 11.9. The van der Waals surface area contributed by atoms with Crippen molar-refractivity contribution >= 4 is 34.4 Å². The molecule has 106 valence electrons. The smallest absolute Gasteiger partial charge is 0.340 e. The number of esters is 2. The van der Waals surface area contributed by atoms with Gasteiger partial charge in [-0.1, -0.05) is 11.6 Å². The Kier molecular flexibility index (Phi) is 4.29. The molecule has 0 radical (unpaired) electrons. The van der Waals surface area contributed by atoms with Gasteiger partial charge in [-0.2, -0.15) is 0 Å². The Morgan fingerprint density at radius 2 is 2.10 bits per heavy atom. The quantitative estimate of drug-likeness (QED) is 0.881. The molecular formula is C14H14ClNO4. The second kappa shape index (κ2) is 5.96. The van der Waals surface area contributed by atoms with E-state index >= 15 is 0 Å². The number of halogens is 1. The van der Waals surface area contributed by atoms with Gasteiger partial charge < -0.3 is 14.5 Å². The highest BCUT2D eigenvalue weighted by Gasteiger charge is 2.21. The van der Waals surface area contributed by atoms with Gasteiger partial charge in [-0.25, -0.2) is 4.79 Å². The Morgan fingerprint density at radius 1 is 1.35 bits per heavy atom. The molecule has 2 rings (SSSR count). The van der Waals surface area contributed by atoms with Crippen molar-refractivity contribution < 1.29 is 19.1 Å². The average molecular weight is 296 g/mol. The van der Waals surface area contributed by atoms with Gasteiger partial charge in [0.05, 0.1) is 25.7 Å². The summed E-state index contributed by atoms with van der Waals surface area (Å²) in [6.45, 7) is 2.02. The first-order valence-electron chi connectivity index (χ1n) is 6.10. The Hall–Kier alpha value is -2.01. The fourth-order valence-corrected chi connectivity index (χ4v) is 2.22. The van der Waals surface area contributed by atoms with Crippen molar-refractivity contribution in [3.63, 3.8) is 0 Å². The number of H-pyrrole nitrogens is 1. The van der Waals surface area contributed by atoms with Crippen molar-refractivity contribution in [1.82, 2.24) is 4.98 Å². The highest BCUT2D eigenvalue weighted by molar-refractivity contribution is 6.31. The zero-order valence-electron chi connectivity index (χ0n) is 11.2. The molecule has 1 aromatic carbocycles. The first-order chi connectivity index (χ1) is 9.56. The molecule has 1 heterocycles. The molecule has 0 aliphatic carbocycles. The molecule has 0 unspecified atom stereocenters. The highest BCUT2D eigenvalue weighted by Crippen LogP contribution is 2.26. The Bertz CT molecular complexity index is 662. The summed E-state index contributed by atoms with van der Waals surface area (Å²) in [6.07, 6.45) is -0.0232. The van der Waals surface area contributed by atoms with Gasteiger partial charge in [-0.05, 0) is 25.1 Å². The number of methoxy groups -OCH3 is 1. The van der Waals surface area contributed by atoms with E-state index in [-0.39, 0.29) is 6.42 Å². The van der Waals surface area contributed by atoms with Gasteiger partial charge in [0.1, 0.15) is 0 Å². The predicted octanol–water partition coefficient (Wildman–Crippen LogP) is 2.71. The molecule has 2 aromatic rings. The van der Waals surface area contributed by atoms with Crippen LogP contribution in [0.3, 0.4) is 0 Å². The lowest BCUT2D eigenvalue weighted by Crippen LogP contribution is -2.11. The van der Waals surface area contributed by atoms with Crippen LogP contribution in [0.25, 0.3) is 10.9 Å². The van der Waals surface area contributed by atoms with Crippen LogP contribution in [-0.2, 0) is 20.7 Å². The maximum Gasteiger partial charge on any atom is 0.340 e. The summed E-state index contributed by atoms with van der Waals surface area (Å²) in [4.78, 5) is 26.6. The number of hydrogen-bond donors (Lipinski definition) is 1. The molecule has 0 aliphatic rings. The van der Waals surface area contributed by atoms with Crippen LogP contribution in [0.2, 0.25) is 5.02 Å². The van der Waals surface area contributed by atoms with Crippen LogP contribution >= 0.6 is 11.6 Å². The van der Waals surface area contributed by atoms with E-state index in [9.17, 15) is 9.59 Å². The lowest BCUT2D eigenvalue weighted by molar-refractivity contribution is -0.142. The number of carbonyl (C=O) groups excluding carboxylic acids is 2. The fourth-order valence-electron chi connectivity index (χ4n) is 2.04. The molecule has 0 aliphatic heterocycles. The Labute approximate surface area is 120 Å². The number of ether oxygens (including phenoxy) is 2. The molecule has 20 heavy (non-hydrogen) atoms. The minimum Gasteiger partial charge on any atom is -0.466 e. The normalized spacial score (nSPS) is 10.6. The minimum atomic E-state index is -0.516. The molecule has 0 amide bonds. The average Bonchev–Trinajstić information content (AvgIpc) is 2.75. The van der Waals surface area contributed by atoms with Crippen molar-refractivity contribution in [2.24, 2.45) is 0 Å². The second-order valence-corrected chi connectivity index (χ2v) is 4.58. The standard InChI is InChI=1S/C14H14ClNO4/c1-3-20-12(17)7-11-13(14(18)19-2)9-6-8(15)4-5-10(9)16-11/h4-6,16H,3,7H2,1-2H3. The predicted molar refractivity (Wildman–Crippen MR) is 75.0 cm³/mol. The Morgan fingerprint density at radius 3 is 2.75 bits per heavy atom.